The smallest absolute Gasteiger partial charge is 0.166 e. The SMILES string of the molecule is COc1cccc(C=NCC(C)(O)c2cnn(C)c2)c1O. The second kappa shape index (κ2) is 5.97. The van der Waals surface area contributed by atoms with Gasteiger partial charge in [0.2, 0.25) is 0 Å². The number of benzene rings is 1. The first-order valence-electron chi connectivity index (χ1n) is 6.51. The highest BCUT2D eigenvalue weighted by Crippen LogP contribution is 2.28. The minimum Gasteiger partial charge on any atom is -0.504 e. The van der Waals surface area contributed by atoms with Gasteiger partial charge in [0.25, 0.3) is 0 Å². The van der Waals surface area contributed by atoms with Gasteiger partial charge in [-0.2, -0.15) is 5.10 Å². The van der Waals surface area contributed by atoms with Crippen molar-refractivity contribution in [3.63, 3.8) is 0 Å². The van der Waals surface area contributed by atoms with Gasteiger partial charge in [-0.3, -0.25) is 9.67 Å². The fraction of sp³-hybridized carbons (Fsp3) is 0.333. The molecule has 6 nitrogen and oxygen atoms in total. The zero-order chi connectivity index (χ0) is 15.5. The molecule has 0 bridgehead atoms. The summed E-state index contributed by atoms with van der Waals surface area (Å²) >= 11 is 0. The number of aliphatic hydroxyl groups is 1. The van der Waals surface area contributed by atoms with E-state index in [2.05, 4.69) is 10.1 Å². The molecular weight excluding hydrogens is 270 g/mol. The summed E-state index contributed by atoms with van der Waals surface area (Å²) in [5.74, 6) is 0.419. The molecule has 0 aliphatic rings. The van der Waals surface area contributed by atoms with E-state index in [-0.39, 0.29) is 12.3 Å². The zero-order valence-corrected chi connectivity index (χ0v) is 12.3. The molecule has 2 N–H and O–H groups in total. The van der Waals surface area contributed by atoms with Crippen molar-refractivity contribution in [1.82, 2.24) is 9.78 Å². The molecule has 0 radical (unpaired) electrons. The third kappa shape index (κ3) is 3.41. The van der Waals surface area contributed by atoms with E-state index in [9.17, 15) is 10.2 Å². The van der Waals surface area contributed by atoms with Crippen molar-refractivity contribution in [3.8, 4) is 11.5 Å². The van der Waals surface area contributed by atoms with E-state index in [4.69, 9.17) is 4.74 Å². The highest BCUT2D eigenvalue weighted by atomic mass is 16.5. The quantitative estimate of drug-likeness (QED) is 0.817. The fourth-order valence-corrected chi connectivity index (χ4v) is 1.92. The number of ether oxygens (including phenoxy) is 1. The van der Waals surface area contributed by atoms with Crippen LogP contribution in [0.5, 0.6) is 11.5 Å². The second-order valence-corrected chi connectivity index (χ2v) is 5.04. The third-order valence-electron chi connectivity index (χ3n) is 3.21. The maximum atomic E-state index is 10.4. The maximum absolute atomic E-state index is 10.4. The van der Waals surface area contributed by atoms with Crippen LogP contribution in [0, 0.1) is 0 Å². The summed E-state index contributed by atoms with van der Waals surface area (Å²) in [7, 11) is 3.28. The summed E-state index contributed by atoms with van der Waals surface area (Å²) in [5.41, 5.74) is 0.118. The number of hydrogen-bond donors (Lipinski definition) is 2. The number of hydrogen-bond acceptors (Lipinski definition) is 5. The van der Waals surface area contributed by atoms with Crippen molar-refractivity contribution in [3.05, 3.63) is 41.7 Å². The van der Waals surface area contributed by atoms with E-state index in [1.54, 1.807) is 49.2 Å². The number of aromatic nitrogens is 2. The first-order valence-corrected chi connectivity index (χ1v) is 6.51. The predicted octanol–water partition coefficient (Wildman–Crippen LogP) is 1.46. The van der Waals surface area contributed by atoms with Crippen molar-refractivity contribution in [2.75, 3.05) is 13.7 Å². The van der Waals surface area contributed by atoms with Crippen molar-refractivity contribution in [2.24, 2.45) is 12.0 Å². The third-order valence-corrected chi connectivity index (χ3v) is 3.21. The van der Waals surface area contributed by atoms with Crippen LogP contribution in [0.4, 0.5) is 0 Å². The van der Waals surface area contributed by atoms with Gasteiger partial charge in [-0.15, -0.1) is 0 Å². The van der Waals surface area contributed by atoms with Gasteiger partial charge in [0.05, 0.1) is 19.9 Å². The predicted molar refractivity (Wildman–Crippen MR) is 79.9 cm³/mol. The van der Waals surface area contributed by atoms with Crippen LogP contribution >= 0.6 is 0 Å². The lowest BCUT2D eigenvalue weighted by atomic mass is 10.00. The van der Waals surface area contributed by atoms with Gasteiger partial charge in [-0.1, -0.05) is 6.07 Å². The summed E-state index contributed by atoms with van der Waals surface area (Å²) < 4.78 is 6.66. The summed E-state index contributed by atoms with van der Waals surface area (Å²) in [4.78, 5) is 4.21. The zero-order valence-electron chi connectivity index (χ0n) is 12.3. The van der Waals surface area contributed by atoms with Crippen LogP contribution in [0.2, 0.25) is 0 Å². The largest absolute Gasteiger partial charge is 0.504 e. The number of aromatic hydroxyl groups is 1. The molecule has 112 valence electrons. The molecule has 1 atom stereocenters. The minimum absolute atomic E-state index is 0.0322. The molecule has 0 aliphatic carbocycles. The van der Waals surface area contributed by atoms with Gasteiger partial charge in [-0.25, -0.2) is 0 Å². The fourth-order valence-electron chi connectivity index (χ4n) is 1.92. The first-order chi connectivity index (χ1) is 9.94. The Morgan fingerprint density at radius 2 is 2.24 bits per heavy atom. The van der Waals surface area contributed by atoms with Gasteiger partial charge in [0.1, 0.15) is 5.60 Å². The van der Waals surface area contributed by atoms with E-state index in [0.29, 0.717) is 16.9 Å². The van der Waals surface area contributed by atoms with Crippen LogP contribution in [-0.2, 0) is 12.6 Å². The highest BCUT2D eigenvalue weighted by Gasteiger charge is 2.23. The molecule has 0 saturated heterocycles. The standard InChI is InChI=1S/C15H19N3O3/c1-15(20,12-8-17-18(2)9-12)10-16-7-11-5-4-6-13(21-3)14(11)19/h4-9,19-20H,10H2,1-3H3. The molecule has 1 heterocycles. The van der Waals surface area contributed by atoms with E-state index >= 15 is 0 Å². The molecule has 0 saturated carbocycles. The Kier molecular flexibility index (Phi) is 4.28. The van der Waals surface area contributed by atoms with Crippen LogP contribution in [0.15, 0.2) is 35.6 Å². The number of rotatable bonds is 5. The Morgan fingerprint density at radius 1 is 1.48 bits per heavy atom. The summed E-state index contributed by atoms with van der Waals surface area (Å²) in [6.07, 6.45) is 4.87. The molecule has 0 aliphatic heterocycles. The van der Waals surface area contributed by atoms with Crippen molar-refractivity contribution < 1.29 is 14.9 Å². The summed E-state index contributed by atoms with van der Waals surface area (Å²) in [6, 6.07) is 5.15. The van der Waals surface area contributed by atoms with Gasteiger partial charge < -0.3 is 14.9 Å². The number of phenolic OH excluding ortho intramolecular Hbond substituents is 1. The number of aryl methyl sites for hydroxylation is 1. The molecule has 0 fully saturated rings. The lowest BCUT2D eigenvalue weighted by molar-refractivity contribution is 0.0675. The Balaban J connectivity index is 2.12. The second-order valence-electron chi connectivity index (χ2n) is 5.04. The molecule has 21 heavy (non-hydrogen) atoms. The van der Waals surface area contributed by atoms with Crippen LogP contribution in [0.25, 0.3) is 0 Å². The molecule has 1 aromatic carbocycles. The maximum Gasteiger partial charge on any atom is 0.166 e. The topological polar surface area (TPSA) is 79.9 Å². The van der Waals surface area contributed by atoms with Crippen LogP contribution in [0.3, 0.4) is 0 Å². The van der Waals surface area contributed by atoms with Crippen LogP contribution in [-0.4, -0.2) is 39.9 Å². The number of para-hydroxylation sites is 1. The number of aliphatic imine (C=N–C) groups is 1. The van der Waals surface area contributed by atoms with Crippen molar-refractivity contribution in [1.29, 1.82) is 0 Å². The molecular formula is C15H19N3O3. The highest BCUT2D eigenvalue weighted by molar-refractivity contribution is 5.84. The molecule has 1 aromatic heterocycles. The molecule has 2 aromatic rings. The number of methoxy groups -OCH3 is 1. The molecule has 0 amide bonds. The summed E-state index contributed by atoms with van der Waals surface area (Å²) in [5, 5.41) is 24.4. The van der Waals surface area contributed by atoms with Gasteiger partial charge in [0, 0.05) is 30.6 Å². The van der Waals surface area contributed by atoms with E-state index in [0.717, 1.165) is 0 Å². The Bertz CT molecular complexity index is 647. The van der Waals surface area contributed by atoms with Crippen LogP contribution in [0.1, 0.15) is 18.1 Å². The number of nitrogens with zero attached hydrogens (tertiary/aromatic N) is 3. The molecule has 2 rings (SSSR count). The lowest BCUT2D eigenvalue weighted by Gasteiger charge is -2.18. The van der Waals surface area contributed by atoms with Gasteiger partial charge in [-0.05, 0) is 19.1 Å². The Morgan fingerprint density at radius 3 is 2.86 bits per heavy atom. The van der Waals surface area contributed by atoms with Gasteiger partial charge in [0.15, 0.2) is 11.5 Å². The Hall–Kier alpha value is -2.34. The minimum atomic E-state index is -1.11. The molecule has 0 spiro atoms. The summed E-state index contributed by atoms with van der Waals surface area (Å²) in [6.45, 7) is 1.84. The monoisotopic (exact) mass is 289 g/mol. The first kappa shape index (κ1) is 15.1. The normalized spacial score (nSPS) is 14.3. The van der Waals surface area contributed by atoms with Crippen molar-refractivity contribution in [2.45, 2.75) is 12.5 Å². The molecule has 1 unspecified atom stereocenters. The number of phenols is 1. The van der Waals surface area contributed by atoms with Gasteiger partial charge >= 0.3 is 0 Å². The van der Waals surface area contributed by atoms with E-state index < -0.39 is 5.60 Å². The van der Waals surface area contributed by atoms with Crippen molar-refractivity contribution >= 4 is 6.21 Å². The average molecular weight is 289 g/mol. The van der Waals surface area contributed by atoms with E-state index in [1.165, 1.54) is 13.3 Å². The Labute approximate surface area is 123 Å². The lowest BCUT2D eigenvalue weighted by Crippen LogP contribution is -2.24. The average Bonchev–Trinajstić information content (AvgIpc) is 2.88. The van der Waals surface area contributed by atoms with E-state index in [1.807, 2.05) is 0 Å². The molecule has 6 heteroatoms. The van der Waals surface area contributed by atoms with Crippen LogP contribution < -0.4 is 4.74 Å².